The van der Waals surface area contributed by atoms with Crippen molar-refractivity contribution < 1.29 is 28.6 Å². The molecule has 0 N–H and O–H groups in total. The van der Waals surface area contributed by atoms with Crippen LogP contribution in [0.5, 0.6) is 0 Å². The van der Waals surface area contributed by atoms with E-state index >= 15 is 0 Å². The van der Waals surface area contributed by atoms with Gasteiger partial charge in [0.2, 0.25) is 0 Å². The molecule has 0 fully saturated rings. The first-order valence-corrected chi connectivity index (χ1v) is 17.0. The summed E-state index contributed by atoms with van der Waals surface area (Å²) >= 11 is 0. The number of hydrogen-bond donors (Lipinski definition) is 0. The lowest BCUT2D eigenvalue weighted by molar-refractivity contribution is 0.0375. The lowest BCUT2D eigenvalue weighted by Crippen LogP contribution is -2.21. The molecule has 42 heavy (non-hydrogen) atoms. The number of hydrogen-bond acceptors (Lipinski definition) is 6. The molecule has 3 atom stereocenters. The molecular formula is C36H60O6. The fraction of sp³-hybridized carbons (Fsp3) is 0.750. The molecule has 1 rings (SSSR count). The highest BCUT2D eigenvalue weighted by Gasteiger charge is 2.24. The Kier molecular flexibility index (Phi) is 20.7. The van der Waals surface area contributed by atoms with Crippen molar-refractivity contribution in [2.45, 2.75) is 138 Å². The van der Waals surface area contributed by atoms with Crippen molar-refractivity contribution in [3.8, 4) is 0 Å². The van der Waals surface area contributed by atoms with Gasteiger partial charge in [-0.3, -0.25) is 0 Å². The predicted molar refractivity (Wildman–Crippen MR) is 171 cm³/mol. The van der Waals surface area contributed by atoms with Crippen molar-refractivity contribution in [3.05, 3.63) is 34.9 Å². The van der Waals surface area contributed by atoms with Gasteiger partial charge in [-0.1, -0.05) is 99.3 Å². The molecule has 0 aliphatic heterocycles. The van der Waals surface area contributed by atoms with Gasteiger partial charge in [-0.05, 0) is 74.5 Å². The summed E-state index contributed by atoms with van der Waals surface area (Å²) in [7, 11) is 0. The zero-order valence-corrected chi connectivity index (χ0v) is 27.6. The van der Waals surface area contributed by atoms with E-state index in [-0.39, 0.29) is 22.6 Å². The number of esters is 3. The standard InChI is InChI=1S/C36H60O6/c1-7-13-19-28(16-10-4)25-40-34(37)31-22-23-32(35(38)41-26-29(17-11-5)20-14-8-2)33(24-31)36(39)42-27-30(18-12-6)21-15-9-3/h22-24,28-30H,7-21,25-27H2,1-6H3. The molecule has 0 aromatic heterocycles. The molecule has 0 spiro atoms. The third-order valence-corrected chi connectivity index (χ3v) is 8.03. The van der Waals surface area contributed by atoms with Crippen LogP contribution in [0.1, 0.15) is 169 Å². The van der Waals surface area contributed by atoms with Crippen LogP contribution in [0.25, 0.3) is 0 Å². The fourth-order valence-corrected chi connectivity index (χ4v) is 5.47. The Hall–Kier alpha value is -2.37. The number of unbranched alkanes of at least 4 members (excludes halogenated alkanes) is 3. The summed E-state index contributed by atoms with van der Waals surface area (Å²) in [5.74, 6) is -0.763. The lowest BCUT2D eigenvalue weighted by Gasteiger charge is -2.19. The highest BCUT2D eigenvalue weighted by molar-refractivity contribution is 6.05. The van der Waals surface area contributed by atoms with E-state index in [0.29, 0.717) is 31.7 Å². The summed E-state index contributed by atoms with van der Waals surface area (Å²) in [5, 5.41) is 0. The van der Waals surface area contributed by atoms with Gasteiger partial charge in [0.15, 0.2) is 0 Å². The number of ether oxygens (including phenoxy) is 3. The number of carbonyl (C=O) groups excluding carboxylic acids is 3. The maximum atomic E-state index is 13.4. The number of carbonyl (C=O) groups is 3. The summed E-state index contributed by atoms with van der Waals surface area (Å²) in [6, 6.07) is 4.51. The van der Waals surface area contributed by atoms with E-state index in [2.05, 4.69) is 41.5 Å². The topological polar surface area (TPSA) is 78.9 Å². The zero-order chi connectivity index (χ0) is 31.2. The maximum absolute atomic E-state index is 13.4. The molecular weight excluding hydrogens is 528 g/mol. The van der Waals surface area contributed by atoms with Gasteiger partial charge >= 0.3 is 17.9 Å². The Labute approximate surface area is 256 Å². The Balaban J connectivity index is 3.16. The second kappa shape index (κ2) is 23.1. The minimum absolute atomic E-state index is 0.0666. The van der Waals surface area contributed by atoms with Crippen LogP contribution in [0.3, 0.4) is 0 Å². The number of benzene rings is 1. The summed E-state index contributed by atoms with van der Waals surface area (Å²) in [6.07, 6.45) is 15.6. The van der Waals surface area contributed by atoms with E-state index in [9.17, 15) is 14.4 Å². The molecule has 0 saturated heterocycles. The van der Waals surface area contributed by atoms with Crippen LogP contribution >= 0.6 is 0 Å². The van der Waals surface area contributed by atoms with Gasteiger partial charge < -0.3 is 14.2 Å². The molecule has 0 aliphatic carbocycles. The van der Waals surface area contributed by atoms with E-state index in [0.717, 1.165) is 96.3 Å². The first-order valence-electron chi connectivity index (χ1n) is 17.0. The van der Waals surface area contributed by atoms with Crippen molar-refractivity contribution >= 4 is 17.9 Å². The van der Waals surface area contributed by atoms with Gasteiger partial charge in [0.1, 0.15) is 0 Å². The minimum Gasteiger partial charge on any atom is -0.462 e. The van der Waals surface area contributed by atoms with Crippen molar-refractivity contribution in [1.82, 2.24) is 0 Å². The molecule has 6 heteroatoms. The first-order chi connectivity index (χ1) is 20.3. The Morgan fingerprint density at radius 1 is 0.500 bits per heavy atom. The fourth-order valence-electron chi connectivity index (χ4n) is 5.47. The second-order valence-corrected chi connectivity index (χ2v) is 11.9. The van der Waals surface area contributed by atoms with E-state index in [4.69, 9.17) is 14.2 Å². The Morgan fingerprint density at radius 2 is 0.881 bits per heavy atom. The van der Waals surface area contributed by atoms with Crippen LogP contribution in [0.2, 0.25) is 0 Å². The SMILES string of the molecule is CCCCC(CCC)COC(=O)c1ccc(C(=O)OCC(CCC)CCCC)c(C(=O)OCC(CCC)CCCC)c1. The molecule has 0 amide bonds. The molecule has 0 saturated carbocycles. The summed E-state index contributed by atoms with van der Waals surface area (Å²) in [4.78, 5) is 39.7. The predicted octanol–water partition coefficient (Wildman–Crippen LogP) is 9.98. The van der Waals surface area contributed by atoms with Crippen molar-refractivity contribution in [1.29, 1.82) is 0 Å². The molecule has 0 aliphatic rings. The zero-order valence-electron chi connectivity index (χ0n) is 27.6. The van der Waals surface area contributed by atoms with Crippen LogP contribution in [0.4, 0.5) is 0 Å². The molecule has 0 heterocycles. The van der Waals surface area contributed by atoms with Gasteiger partial charge in [0, 0.05) is 0 Å². The monoisotopic (exact) mass is 588 g/mol. The van der Waals surface area contributed by atoms with Crippen LogP contribution in [-0.4, -0.2) is 37.7 Å². The molecule has 240 valence electrons. The van der Waals surface area contributed by atoms with Crippen molar-refractivity contribution in [2.75, 3.05) is 19.8 Å². The highest BCUT2D eigenvalue weighted by atomic mass is 16.5. The number of rotatable bonds is 24. The smallest absolute Gasteiger partial charge is 0.339 e. The average molecular weight is 589 g/mol. The van der Waals surface area contributed by atoms with Gasteiger partial charge in [-0.2, -0.15) is 0 Å². The van der Waals surface area contributed by atoms with Gasteiger partial charge in [-0.15, -0.1) is 0 Å². The Bertz CT molecular complexity index is 895. The van der Waals surface area contributed by atoms with Crippen molar-refractivity contribution in [3.63, 3.8) is 0 Å². The Morgan fingerprint density at radius 3 is 1.26 bits per heavy atom. The molecule has 6 nitrogen and oxygen atoms in total. The van der Waals surface area contributed by atoms with E-state index in [1.165, 1.54) is 12.1 Å². The highest BCUT2D eigenvalue weighted by Crippen LogP contribution is 2.22. The quantitative estimate of drug-likeness (QED) is 0.0883. The average Bonchev–Trinajstić information content (AvgIpc) is 3.00. The molecule has 3 unspecified atom stereocenters. The summed E-state index contributed by atoms with van der Waals surface area (Å²) in [6.45, 7) is 13.8. The minimum atomic E-state index is -0.600. The van der Waals surface area contributed by atoms with E-state index in [1.807, 2.05) is 0 Å². The third-order valence-electron chi connectivity index (χ3n) is 8.03. The second-order valence-electron chi connectivity index (χ2n) is 11.9. The van der Waals surface area contributed by atoms with Crippen LogP contribution in [0.15, 0.2) is 18.2 Å². The molecule has 0 bridgehead atoms. The van der Waals surface area contributed by atoms with E-state index < -0.39 is 17.9 Å². The lowest BCUT2D eigenvalue weighted by atomic mass is 9.97. The summed E-state index contributed by atoms with van der Waals surface area (Å²) < 4.78 is 17.2. The van der Waals surface area contributed by atoms with Crippen LogP contribution in [-0.2, 0) is 14.2 Å². The van der Waals surface area contributed by atoms with Crippen molar-refractivity contribution in [2.24, 2.45) is 17.8 Å². The molecule has 1 aromatic carbocycles. The molecule has 0 radical (unpaired) electrons. The summed E-state index contributed by atoms with van der Waals surface area (Å²) in [5.41, 5.74) is 0.443. The molecule has 1 aromatic rings. The van der Waals surface area contributed by atoms with Crippen LogP contribution in [0, 0.1) is 17.8 Å². The normalized spacial score (nSPS) is 13.3. The maximum Gasteiger partial charge on any atom is 0.339 e. The van der Waals surface area contributed by atoms with E-state index in [1.54, 1.807) is 6.07 Å². The third kappa shape index (κ3) is 14.7. The van der Waals surface area contributed by atoms with Gasteiger partial charge in [0.25, 0.3) is 0 Å². The van der Waals surface area contributed by atoms with Gasteiger partial charge in [-0.25, -0.2) is 14.4 Å². The van der Waals surface area contributed by atoms with Crippen LogP contribution < -0.4 is 0 Å². The van der Waals surface area contributed by atoms with Gasteiger partial charge in [0.05, 0.1) is 36.5 Å². The largest absolute Gasteiger partial charge is 0.462 e. The first kappa shape index (κ1) is 37.7.